The van der Waals surface area contributed by atoms with E-state index >= 15 is 0 Å². The van der Waals surface area contributed by atoms with Crippen LogP contribution in [-0.2, 0) is 0 Å². The molecular weight excluding hydrogens is 559 g/mol. The van der Waals surface area contributed by atoms with Crippen molar-refractivity contribution in [1.29, 1.82) is 5.41 Å². The van der Waals surface area contributed by atoms with Gasteiger partial charge in [-0.05, 0) is 48.6 Å². The summed E-state index contributed by atoms with van der Waals surface area (Å²) in [4.78, 5) is 7.56. The summed E-state index contributed by atoms with van der Waals surface area (Å²) in [6, 6.07) is 29.2. The fraction of sp³-hybridized carbons (Fsp3) is 0.179. The summed E-state index contributed by atoms with van der Waals surface area (Å²) >= 11 is 1.73. The number of nitrogens with zero attached hydrogens (tertiary/aromatic N) is 2. The number of fused-ring (bicyclic) bond motifs is 6. The van der Waals surface area contributed by atoms with Crippen LogP contribution in [-0.4, -0.2) is 29.7 Å². The largest absolute Gasteiger partial charge is 0.456 e. The molecular formula is C39H35N3OS. The molecule has 2 atom stereocenters. The minimum absolute atomic E-state index is 0.173. The maximum Gasteiger partial charge on any atom is 0.155 e. The average molecular weight is 594 g/mol. The van der Waals surface area contributed by atoms with Gasteiger partial charge in [0.2, 0.25) is 0 Å². The number of hydrogen-bond donors (Lipinski definition) is 1. The van der Waals surface area contributed by atoms with Crippen LogP contribution in [0, 0.1) is 11.3 Å². The molecule has 2 aromatic heterocycles. The number of amidine groups is 2. The van der Waals surface area contributed by atoms with Crippen molar-refractivity contribution < 1.29 is 4.42 Å². The third-order valence-electron chi connectivity index (χ3n) is 8.90. The lowest BCUT2D eigenvalue weighted by atomic mass is 9.89. The molecule has 1 N–H and O–H groups in total. The second-order valence-corrected chi connectivity index (χ2v) is 12.6. The Bertz CT molecular complexity index is 2140. The Morgan fingerprint density at radius 2 is 1.55 bits per heavy atom. The zero-order valence-electron chi connectivity index (χ0n) is 25.1. The van der Waals surface area contributed by atoms with Gasteiger partial charge in [-0.15, -0.1) is 11.3 Å². The standard InChI is InChI=1S/C39H35N3OS/c1-4-26-15-9-13-25(2)14-10-21-32(26)42(3)39(30-19-12-23-34-36(30)29-17-5-7-22-33(29)43-34)41-38(40)31-20-11-18-28-27-16-6-8-24-35(27)44-37(28)31/h5-14,16-20,22-24,26,32,40H,2,4,15,21H2,1,3H3/b13-9-,14-10-,40-38?,41-39-/t26-,32-/m1/s1. The van der Waals surface area contributed by atoms with Gasteiger partial charge in [0.1, 0.15) is 17.0 Å². The van der Waals surface area contributed by atoms with Crippen LogP contribution in [0.25, 0.3) is 42.1 Å². The molecule has 218 valence electrons. The molecule has 44 heavy (non-hydrogen) atoms. The van der Waals surface area contributed by atoms with E-state index in [2.05, 4.69) is 92.2 Å². The quantitative estimate of drug-likeness (QED) is 0.163. The third kappa shape index (κ3) is 4.97. The van der Waals surface area contributed by atoms with E-state index in [0.29, 0.717) is 5.92 Å². The summed E-state index contributed by atoms with van der Waals surface area (Å²) in [6.07, 6.45) is 11.6. The smallest absolute Gasteiger partial charge is 0.155 e. The SMILES string of the molecule is C=C1/C=C\C[C@@H](CC)[C@H](N(C)/C(=N\C(=N)c2cccc3c2sc2ccccc23)c2cccc3oc4ccccc4c23)C/C=C\1. The van der Waals surface area contributed by atoms with Gasteiger partial charge in [-0.3, -0.25) is 5.41 Å². The molecule has 4 aromatic carbocycles. The van der Waals surface area contributed by atoms with Crippen LogP contribution in [0.15, 0.2) is 131 Å². The molecule has 0 saturated carbocycles. The lowest BCUT2D eigenvalue weighted by molar-refractivity contribution is 0.254. The molecule has 0 fully saturated rings. The molecule has 0 saturated heterocycles. The van der Waals surface area contributed by atoms with Crippen molar-refractivity contribution in [1.82, 2.24) is 4.90 Å². The van der Waals surface area contributed by atoms with Crippen molar-refractivity contribution in [2.24, 2.45) is 10.9 Å². The minimum Gasteiger partial charge on any atom is -0.456 e. The van der Waals surface area contributed by atoms with E-state index in [9.17, 15) is 5.41 Å². The Morgan fingerprint density at radius 1 is 0.864 bits per heavy atom. The van der Waals surface area contributed by atoms with Gasteiger partial charge in [0.05, 0.1) is 0 Å². The normalized spacial score (nSPS) is 19.2. The summed E-state index contributed by atoms with van der Waals surface area (Å²) in [5.41, 5.74) is 4.51. The second kappa shape index (κ2) is 11.7. The number of allylic oxidation sites excluding steroid dienone is 4. The third-order valence-corrected chi connectivity index (χ3v) is 10.1. The molecule has 1 aliphatic carbocycles. The van der Waals surface area contributed by atoms with E-state index in [-0.39, 0.29) is 11.9 Å². The maximum atomic E-state index is 9.47. The average Bonchev–Trinajstić information content (AvgIpc) is 3.64. The van der Waals surface area contributed by atoms with Gasteiger partial charge in [0.15, 0.2) is 5.84 Å². The van der Waals surface area contributed by atoms with Crippen LogP contribution in [0.2, 0.25) is 0 Å². The van der Waals surface area contributed by atoms with Gasteiger partial charge >= 0.3 is 0 Å². The zero-order chi connectivity index (χ0) is 30.2. The molecule has 0 unspecified atom stereocenters. The first-order valence-electron chi connectivity index (χ1n) is 15.3. The number of para-hydroxylation sites is 1. The number of benzene rings is 4. The Kier molecular flexibility index (Phi) is 7.49. The van der Waals surface area contributed by atoms with Gasteiger partial charge in [0.25, 0.3) is 0 Å². The van der Waals surface area contributed by atoms with E-state index in [1.807, 2.05) is 42.5 Å². The molecule has 1 aliphatic rings. The lowest BCUT2D eigenvalue weighted by Crippen LogP contribution is -2.42. The Balaban J connectivity index is 1.43. The highest BCUT2D eigenvalue weighted by molar-refractivity contribution is 7.26. The highest BCUT2D eigenvalue weighted by atomic mass is 32.1. The van der Waals surface area contributed by atoms with Crippen LogP contribution >= 0.6 is 11.3 Å². The van der Waals surface area contributed by atoms with E-state index < -0.39 is 0 Å². The Morgan fingerprint density at radius 3 is 2.39 bits per heavy atom. The first kappa shape index (κ1) is 28.1. The second-order valence-electron chi connectivity index (χ2n) is 11.5. The summed E-state index contributed by atoms with van der Waals surface area (Å²) < 4.78 is 8.61. The number of thiophene rings is 1. The summed E-state index contributed by atoms with van der Waals surface area (Å²) in [5, 5.41) is 13.9. The van der Waals surface area contributed by atoms with Crippen LogP contribution in [0.3, 0.4) is 0 Å². The molecule has 0 amide bonds. The van der Waals surface area contributed by atoms with Crippen molar-refractivity contribution in [2.75, 3.05) is 7.05 Å². The van der Waals surface area contributed by atoms with Crippen LogP contribution in [0.5, 0.6) is 0 Å². The molecule has 0 spiro atoms. The van der Waals surface area contributed by atoms with Crippen molar-refractivity contribution in [3.8, 4) is 0 Å². The first-order valence-corrected chi connectivity index (χ1v) is 16.1. The van der Waals surface area contributed by atoms with Gasteiger partial charge in [-0.2, -0.15) is 0 Å². The van der Waals surface area contributed by atoms with Crippen molar-refractivity contribution >= 4 is 65.1 Å². The minimum atomic E-state index is 0.173. The molecule has 0 radical (unpaired) electrons. The highest BCUT2D eigenvalue weighted by Gasteiger charge is 2.28. The predicted octanol–water partition coefficient (Wildman–Crippen LogP) is 10.5. The van der Waals surface area contributed by atoms with Crippen molar-refractivity contribution in [2.45, 2.75) is 32.2 Å². The molecule has 2 heterocycles. The molecule has 0 aliphatic heterocycles. The predicted molar refractivity (Wildman–Crippen MR) is 188 cm³/mol. The molecule has 6 aromatic rings. The van der Waals surface area contributed by atoms with Gasteiger partial charge in [-0.1, -0.05) is 105 Å². The van der Waals surface area contributed by atoms with E-state index in [4.69, 9.17) is 9.41 Å². The van der Waals surface area contributed by atoms with Gasteiger partial charge in [0, 0.05) is 55.2 Å². The zero-order valence-corrected chi connectivity index (χ0v) is 25.9. The molecule has 5 heteroatoms. The van der Waals surface area contributed by atoms with Crippen LogP contribution < -0.4 is 0 Å². The fourth-order valence-electron chi connectivity index (χ4n) is 6.62. The number of aliphatic imine (C=N–C) groups is 1. The first-order chi connectivity index (χ1) is 21.5. The fourth-order valence-corrected chi connectivity index (χ4v) is 7.84. The van der Waals surface area contributed by atoms with Crippen LogP contribution in [0.1, 0.15) is 37.3 Å². The summed E-state index contributed by atoms with van der Waals surface area (Å²) in [5.74, 6) is 1.44. The number of furan rings is 1. The van der Waals surface area contributed by atoms with Crippen molar-refractivity contribution in [3.05, 3.63) is 133 Å². The Hall–Kier alpha value is -4.74. The topological polar surface area (TPSA) is 52.6 Å². The summed E-state index contributed by atoms with van der Waals surface area (Å²) in [7, 11) is 2.14. The molecule has 4 nitrogen and oxygen atoms in total. The van der Waals surface area contributed by atoms with Gasteiger partial charge < -0.3 is 9.32 Å². The maximum absolute atomic E-state index is 9.47. The van der Waals surface area contributed by atoms with E-state index in [1.54, 1.807) is 11.3 Å². The molecule has 7 rings (SSSR count). The Labute approximate surface area is 261 Å². The van der Waals surface area contributed by atoms with Crippen molar-refractivity contribution in [3.63, 3.8) is 0 Å². The number of nitrogens with one attached hydrogen (secondary N) is 1. The van der Waals surface area contributed by atoms with E-state index in [0.717, 1.165) is 68.4 Å². The molecule has 0 bridgehead atoms. The van der Waals surface area contributed by atoms with Gasteiger partial charge in [-0.25, -0.2) is 4.99 Å². The van der Waals surface area contributed by atoms with E-state index in [1.165, 1.54) is 15.5 Å². The van der Waals surface area contributed by atoms with Crippen LogP contribution in [0.4, 0.5) is 0 Å². The highest BCUT2D eigenvalue weighted by Crippen LogP contribution is 2.37. The number of rotatable bonds is 4. The number of hydrogen-bond acceptors (Lipinski definition) is 3. The monoisotopic (exact) mass is 593 g/mol. The summed E-state index contributed by atoms with van der Waals surface area (Å²) in [6.45, 7) is 6.45. The lowest BCUT2D eigenvalue weighted by Gasteiger charge is -2.36.